The SMILES string of the molecule is COC(=O)CC1COc2cc(OC3CCc4c3ccc(C(F)(F)F)c4Cc3ccc(OC)nc3)ccc21. The smallest absolute Gasteiger partial charge is 0.416 e. The molecule has 1 aliphatic heterocycles. The fourth-order valence-electron chi connectivity index (χ4n) is 5.12. The molecule has 9 heteroatoms. The molecule has 3 aromatic rings. The maximum absolute atomic E-state index is 13.9. The van der Waals surface area contributed by atoms with E-state index < -0.39 is 11.7 Å². The van der Waals surface area contributed by atoms with Gasteiger partial charge in [-0.2, -0.15) is 13.2 Å². The highest BCUT2D eigenvalue weighted by atomic mass is 19.4. The van der Waals surface area contributed by atoms with Crippen LogP contribution in [0.15, 0.2) is 48.7 Å². The molecule has 2 aliphatic rings. The van der Waals surface area contributed by atoms with Crippen molar-refractivity contribution in [3.8, 4) is 17.4 Å². The first-order chi connectivity index (χ1) is 17.8. The van der Waals surface area contributed by atoms with Crippen molar-refractivity contribution in [2.75, 3.05) is 20.8 Å². The number of alkyl halides is 3. The summed E-state index contributed by atoms with van der Waals surface area (Å²) in [7, 11) is 2.84. The lowest BCUT2D eigenvalue weighted by molar-refractivity contribution is -0.141. The third-order valence-electron chi connectivity index (χ3n) is 6.95. The number of methoxy groups -OCH3 is 2. The molecule has 6 nitrogen and oxygen atoms in total. The third-order valence-corrected chi connectivity index (χ3v) is 6.95. The first-order valence-corrected chi connectivity index (χ1v) is 12.0. The second-order valence-corrected chi connectivity index (χ2v) is 9.18. The van der Waals surface area contributed by atoms with Crippen LogP contribution in [0.25, 0.3) is 0 Å². The van der Waals surface area contributed by atoms with Crippen LogP contribution >= 0.6 is 0 Å². The van der Waals surface area contributed by atoms with E-state index in [1.165, 1.54) is 20.3 Å². The predicted octanol–water partition coefficient (Wildman–Crippen LogP) is 5.81. The van der Waals surface area contributed by atoms with Crippen LogP contribution in [-0.4, -0.2) is 31.8 Å². The Morgan fingerprint density at radius 2 is 1.92 bits per heavy atom. The number of carbonyl (C=O) groups is 1. The summed E-state index contributed by atoms with van der Waals surface area (Å²) in [5.74, 6) is 1.23. The summed E-state index contributed by atoms with van der Waals surface area (Å²) >= 11 is 0. The van der Waals surface area contributed by atoms with E-state index in [-0.39, 0.29) is 36.4 Å². The maximum atomic E-state index is 13.9. The van der Waals surface area contributed by atoms with Gasteiger partial charge in [0.2, 0.25) is 5.88 Å². The topological polar surface area (TPSA) is 66.9 Å². The lowest BCUT2D eigenvalue weighted by atomic mass is 9.92. The Kier molecular flexibility index (Phi) is 6.70. The minimum absolute atomic E-state index is 0.0838. The first kappa shape index (κ1) is 24.9. The van der Waals surface area contributed by atoms with Gasteiger partial charge < -0.3 is 18.9 Å². The minimum Gasteiger partial charge on any atom is -0.492 e. The van der Waals surface area contributed by atoms with E-state index in [0.29, 0.717) is 48.0 Å². The van der Waals surface area contributed by atoms with Crippen LogP contribution in [-0.2, 0) is 28.5 Å². The standard InChI is InChI=1S/C28H26F3NO5/c1-34-26-10-3-16(14-32-26)11-22-20-7-9-24(21(20)6-8-23(22)28(29,30)31)37-18-4-5-19-17(12-27(33)35-2)15-36-25(19)13-18/h3-6,8,10,13-14,17,24H,7,9,11-12,15H2,1-2H3. The number of halogens is 3. The van der Waals surface area contributed by atoms with E-state index in [4.69, 9.17) is 18.9 Å². The van der Waals surface area contributed by atoms with Crippen molar-refractivity contribution < 1.29 is 36.9 Å². The van der Waals surface area contributed by atoms with E-state index in [1.54, 1.807) is 24.4 Å². The van der Waals surface area contributed by atoms with Gasteiger partial charge in [0.15, 0.2) is 0 Å². The largest absolute Gasteiger partial charge is 0.492 e. The molecular formula is C28H26F3NO5. The molecule has 0 radical (unpaired) electrons. The second kappa shape index (κ2) is 9.95. The Morgan fingerprint density at radius 1 is 1.11 bits per heavy atom. The predicted molar refractivity (Wildman–Crippen MR) is 128 cm³/mol. The summed E-state index contributed by atoms with van der Waals surface area (Å²) in [6.45, 7) is 0.379. The molecule has 0 amide bonds. The van der Waals surface area contributed by atoms with Crippen molar-refractivity contribution in [1.82, 2.24) is 4.98 Å². The zero-order valence-electron chi connectivity index (χ0n) is 20.4. The summed E-state index contributed by atoms with van der Waals surface area (Å²) in [5, 5.41) is 0. The lowest BCUT2D eigenvalue weighted by Crippen LogP contribution is -2.13. The average Bonchev–Trinajstić information content (AvgIpc) is 3.48. The Bertz CT molecular complexity index is 1310. The molecule has 1 aromatic heterocycles. The molecule has 0 saturated carbocycles. The number of benzene rings is 2. The van der Waals surface area contributed by atoms with Crippen LogP contribution in [0, 0.1) is 0 Å². The van der Waals surface area contributed by atoms with Gasteiger partial charge in [-0.25, -0.2) is 4.98 Å². The molecule has 0 N–H and O–H groups in total. The monoisotopic (exact) mass is 513 g/mol. The van der Waals surface area contributed by atoms with Crippen molar-refractivity contribution in [1.29, 1.82) is 0 Å². The number of nitrogens with zero attached hydrogens (tertiary/aromatic N) is 1. The summed E-state index contributed by atoms with van der Waals surface area (Å²) in [6.07, 6.45) is -1.93. The van der Waals surface area contributed by atoms with Gasteiger partial charge in [0, 0.05) is 29.8 Å². The average molecular weight is 514 g/mol. The fraction of sp³-hybridized carbons (Fsp3) is 0.357. The van der Waals surface area contributed by atoms with Crippen LogP contribution in [0.4, 0.5) is 13.2 Å². The van der Waals surface area contributed by atoms with Crippen LogP contribution in [0.3, 0.4) is 0 Å². The molecule has 2 aromatic carbocycles. The van der Waals surface area contributed by atoms with Gasteiger partial charge in [0.25, 0.3) is 0 Å². The molecule has 37 heavy (non-hydrogen) atoms. The molecule has 2 unspecified atom stereocenters. The van der Waals surface area contributed by atoms with Crippen LogP contribution in [0.5, 0.6) is 17.4 Å². The van der Waals surface area contributed by atoms with Gasteiger partial charge >= 0.3 is 12.1 Å². The second-order valence-electron chi connectivity index (χ2n) is 9.18. The summed E-state index contributed by atoms with van der Waals surface area (Å²) < 4.78 is 63.6. The number of ether oxygens (including phenoxy) is 4. The highest BCUT2D eigenvalue weighted by Gasteiger charge is 2.37. The van der Waals surface area contributed by atoms with E-state index >= 15 is 0 Å². The van der Waals surface area contributed by atoms with Crippen molar-refractivity contribution >= 4 is 5.97 Å². The van der Waals surface area contributed by atoms with E-state index in [0.717, 1.165) is 17.2 Å². The van der Waals surface area contributed by atoms with Crippen molar-refractivity contribution in [3.05, 3.63) is 82.0 Å². The van der Waals surface area contributed by atoms with Gasteiger partial charge in [0.05, 0.1) is 32.8 Å². The van der Waals surface area contributed by atoms with Crippen LogP contribution < -0.4 is 14.2 Å². The number of carbonyl (C=O) groups excluding carboxylic acids is 1. The molecule has 0 saturated heterocycles. The summed E-state index contributed by atoms with van der Waals surface area (Å²) in [6, 6.07) is 11.5. The van der Waals surface area contributed by atoms with Gasteiger partial charge in [-0.3, -0.25) is 4.79 Å². The Labute approximate surface area is 212 Å². The normalized spacial score (nSPS) is 18.1. The molecule has 2 heterocycles. The summed E-state index contributed by atoms with van der Waals surface area (Å²) in [5.41, 5.74) is 2.63. The highest BCUT2D eigenvalue weighted by molar-refractivity contribution is 5.71. The molecule has 2 atom stereocenters. The van der Waals surface area contributed by atoms with Gasteiger partial charge in [-0.15, -0.1) is 0 Å². The van der Waals surface area contributed by atoms with E-state index in [9.17, 15) is 18.0 Å². The molecule has 5 rings (SSSR count). The number of aromatic nitrogens is 1. The minimum atomic E-state index is -4.47. The molecule has 1 aliphatic carbocycles. The maximum Gasteiger partial charge on any atom is 0.416 e. The summed E-state index contributed by atoms with van der Waals surface area (Å²) in [4.78, 5) is 15.8. The highest BCUT2D eigenvalue weighted by Crippen LogP contribution is 2.44. The zero-order chi connectivity index (χ0) is 26.2. The molecule has 194 valence electrons. The lowest BCUT2D eigenvalue weighted by Gasteiger charge is -2.19. The Balaban J connectivity index is 1.40. The van der Waals surface area contributed by atoms with Crippen LogP contribution in [0.1, 0.15) is 58.2 Å². The molecule has 0 fully saturated rings. The van der Waals surface area contributed by atoms with E-state index in [1.807, 2.05) is 12.1 Å². The fourth-order valence-corrected chi connectivity index (χ4v) is 5.12. The van der Waals surface area contributed by atoms with Crippen molar-refractivity contribution in [2.45, 2.75) is 43.9 Å². The van der Waals surface area contributed by atoms with E-state index in [2.05, 4.69) is 4.98 Å². The first-order valence-electron chi connectivity index (χ1n) is 12.0. The number of hydrogen-bond donors (Lipinski definition) is 0. The van der Waals surface area contributed by atoms with Gasteiger partial charge in [-0.1, -0.05) is 18.2 Å². The van der Waals surface area contributed by atoms with Crippen LogP contribution in [0.2, 0.25) is 0 Å². The Hall–Kier alpha value is -3.75. The van der Waals surface area contributed by atoms with Crippen molar-refractivity contribution in [3.63, 3.8) is 0 Å². The number of rotatable bonds is 7. The third kappa shape index (κ3) is 5.08. The molecule has 0 spiro atoms. The van der Waals surface area contributed by atoms with Gasteiger partial charge in [0.1, 0.15) is 17.6 Å². The zero-order valence-corrected chi connectivity index (χ0v) is 20.4. The number of esters is 1. The molecule has 0 bridgehead atoms. The number of pyridine rings is 1. The van der Waals surface area contributed by atoms with Crippen molar-refractivity contribution in [2.24, 2.45) is 0 Å². The molecular weight excluding hydrogens is 487 g/mol. The number of hydrogen-bond acceptors (Lipinski definition) is 6. The van der Waals surface area contributed by atoms with Gasteiger partial charge in [-0.05, 0) is 53.6 Å². The quantitative estimate of drug-likeness (QED) is 0.372. The number of fused-ring (bicyclic) bond motifs is 2. The Morgan fingerprint density at radius 3 is 2.62 bits per heavy atom.